The Hall–Kier alpha value is -1.86. The molecule has 22 heavy (non-hydrogen) atoms. The number of likely N-dealkylation sites (N-methyl/N-ethyl adjacent to an activating group) is 1. The predicted molar refractivity (Wildman–Crippen MR) is 76.7 cm³/mol. The van der Waals surface area contributed by atoms with E-state index < -0.39 is 5.97 Å². The van der Waals surface area contributed by atoms with E-state index in [2.05, 4.69) is 16.7 Å². The van der Waals surface area contributed by atoms with Crippen LogP contribution < -0.4 is 0 Å². The van der Waals surface area contributed by atoms with Gasteiger partial charge in [0.15, 0.2) is 5.76 Å². The number of piperidine rings is 1. The molecule has 0 N–H and O–H groups in total. The van der Waals surface area contributed by atoms with E-state index in [1.165, 1.54) is 19.2 Å². The second-order valence-corrected chi connectivity index (χ2v) is 5.65. The van der Waals surface area contributed by atoms with Crippen molar-refractivity contribution in [3.8, 4) is 0 Å². The van der Waals surface area contributed by atoms with Gasteiger partial charge in [-0.3, -0.25) is 9.69 Å². The lowest BCUT2D eigenvalue weighted by Gasteiger charge is -2.45. The Morgan fingerprint density at radius 1 is 1.27 bits per heavy atom. The topological polar surface area (TPSA) is 72.2 Å². The molecule has 2 aliphatic heterocycles. The third kappa shape index (κ3) is 2.74. The molecule has 2 fully saturated rings. The first-order valence-electron chi connectivity index (χ1n) is 7.39. The van der Waals surface area contributed by atoms with Crippen LogP contribution in [0.4, 0.5) is 0 Å². The van der Waals surface area contributed by atoms with E-state index in [9.17, 15) is 9.59 Å². The summed E-state index contributed by atoms with van der Waals surface area (Å²) in [5.41, 5.74) is 0. The van der Waals surface area contributed by atoms with Gasteiger partial charge in [0.25, 0.3) is 5.91 Å². The summed E-state index contributed by atoms with van der Waals surface area (Å²) in [6, 6.07) is 3.19. The largest absolute Gasteiger partial charge is 0.463 e. The normalized spacial score (nSPS) is 25.6. The highest BCUT2D eigenvalue weighted by Crippen LogP contribution is 2.23. The van der Waals surface area contributed by atoms with Crippen molar-refractivity contribution in [1.29, 1.82) is 0 Å². The van der Waals surface area contributed by atoms with Gasteiger partial charge in [-0.25, -0.2) is 4.79 Å². The van der Waals surface area contributed by atoms with Crippen LogP contribution in [-0.2, 0) is 9.47 Å². The number of carbonyl (C=O) groups is 2. The number of likely N-dealkylation sites (tertiary alicyclic amines) is 1. The zero-order valence-electron chi connectivity index (χ0n) is 12.8. The van der Waals surface area contributed by atoms with Gasteiger partial charge in [0.1, 0.15) is 0 Å². The number of nitrogens with zero attached hydrogens (tertiary/aromatic N) is 2. The van der Waals surface area contributed by atoms with E-state index >= 15 is 0 Å². The van der Waals surface area contributed by atoms with Crippen molar-refractivity contribution in [2.24, 2.45) is 0 Å². The number of amides is 1. The van der Waals surface area contributed by atoms with Crippen LogP contribution in [0.2, 0.25) is 0 Å². The molecule has 7 heteroatoms. The van der Waals surface area contributed by atoms with Gasteiger partial charge in [-0.2, -0.15) is 0 Å². The van der Waals surface area contributed by atoms with Crippen molar-refractivity contribution in [3.05, 3.63) is 23.7 Å². The first-order chi connectivity index (χ1) is 10.6. The standard InChI is InChI=1S/C15H20N2O5/c1-16-7-8-21-11-5-6-17(9-10(11)16)14(18)12-3-4-13(22-12)15(19)20-2/h3-4,10-11H,5-9H2,1-2H3. The molecule has 0 spiro atoms. The molecule has 2 unspecified atom stereocenters. The van der Waals surface area contributed by atoms with Gasteiger partial charge in [-0.15, -0.1) is 0 Å². The first kappa shape index (κ1) is 15.1. The summed E-state index contributed by atoms with van der Waals surface area (Å²) in [5.74, 6) is -0.581. The van der Waals surface area contributed by atoms with Gasteiger partial charge >= 0.3 is 5.97 Å². The quantitative estimate of drug-likeness (QED) is 0.746. The Bertz CT molecular complexity index is 570. The van der Waals surface area contributed by atoms with Gasteiger partial charge in [0.2, 0.25) is 5.76 Å². The highest BCUT2D eigenvalue weighted by atomic mass is 16.5. The molecule has 0 bridgehead atoms. The molecule has 0 saturated carbocycles. The number of carbonyl (C=O) groups excluding carboxylic acids is 2. The van der Waals surface area contributed by atoms with Crippen LogP contribution in [0.3, 0.4) is 0 Å². The minimum Gasteiger partial charge on any atom is -0.463 e. The minimum absolute atomic E-state index is 0.0406. The number of fused-ring (bicyclic) bond motifs is 1. The zero-order chi connectivity index (χ0) is 15.7. The number of hydrogen-bond donors (Lipinski definition) is 0. The van der Waals surface area contributed by atoms with Crippen LogP contribution in [-0.4, -0.2) is 74.2 Å². The Balaban J connectivity index is 1.70. The zero-order valence-corrected chi connectivity index (χ0v) is 12.8. The summed E-state index contributed by atoms with van der Waals surface area (Å²) in [5, 5.41) is 0. The average molecular weight is 308 g/mol. The summed E-state index contributed by atoms with van der Waals surface area (Å²) in [6.45, 7) is 2.85. The van der Waals surface area contributed by atoms with Crippen molar-refractivity contribution in [3.63, 3.8) is 0 Å². The lowest BCUT2D eigenvalue weighted by Crippen LogP contribution is -2.59. The van der Waals surface area contributed by atoms with Gasteiger partial charge in [0, 0.05) is 19.6 Å². The molecule has 0 aromatic carbocycles. The summed E-state index contributed by atoms with van der Waals surface area (Å²) in [7, 11) is 3.33. The SMILES string of the molecule is COC(=O)c1ccc(C(=O)N2CCC3OCCN(C)C3C2)o1. The molecule has 2 aliphatic rings. The Kier molecular flexibility index (Phi) is 4.17. The van der Waals surface area contributed by atoms with Gasteiger partial charge < -0.3 is 18.8 Å². The molecular formula is C15H20N2O5. The number of furan rings is 1. The molecule has 1 aromatic rings. The molecule has 3 heterocycles. The van der Waals surface area contributed by atoms with Crippen LogP contribution >= 0.6 is 0 Å². The molecular weight excluding hydrogens is 288 g/mol. The van der Waals surface area contributed by atoms with Crippen LogP contribution in [0.15, 0.2) is 16.5 Å². The van der Waals surface area contributed by atoms with E-state index in [0.29, 0.717) is 13.1 Å². The molecule has 1 amide bonds. The van der Waals surface area contributed by atoms with E-state index in [1.807, 2.05) is 0 Å². The Morgan fingerprint density at radius 2 is 2.05 bits per heavy atom. The van der Waals surface area contributed by atoms with E-state index in [-0.39, 0.29) is 29.6 Å². The Morgan fingerprint density at radius 3 is 2.82 bits per heavy atom. The Labute approximate surface area is 128 Å². The second-order valence-electron chi connectivity index (χ2n) is 5.65. The number of methoxy groups -OCH3 is 1. The maximum atomic E-state index is 12.5. The number of hydrogen-bond acceptors (Lipinski definition) is 6. The van der Waals surface area contributed by atoms with Crippen LogP contribution in [0.5, 0.6) is 0 Å². The smallest absolute Gasteiger partial charge is 0.373 e. The molecule has 0 aliphatic carbocycles. The molecule has 2 atom stereocenters. The van der Waals surface area contributed by atoms with Gasteiger partial charge in [-0.1, -0.05) is 0 Å². The predicted octanol–water partition coefficient (Wildman–Crippen LogP) is 0.611. The third-order valence-corrected chi connectivity index (χ3v) is 4.35. The number of morpholine rings is 1. The van der Waals surface area contributed by atoms with E-state index in [1.54, 1.807) is 4.90 Å². The fourth-order valence-electron chi connectivity index (χ4n) is 3.05. The lowest BCUT2D eigenvalue weighted by molar-refractivity contribution is -0.0895. The van der Waals surface area contributed by atoms with E-state index in [0.717, 1.165) is 19.6 Å². The highest BCUT2D eigenvalue weighted by Gasteiger charge is 2.37. The molecule has 2 saturated heterocycles. The summed E-state index contributed by atoms with van der Waals surface area (Å²) >= 11 is 0. The molecule has 3 rings (SSSR count). The number of ether oxygens (including phenoxy) is 2. The minimum atomic E-state index is -0.585. The van der Waals surface area contributed by atoms with Crippen LogP contribution in [0.1, 0.15) is 27.5 Å². The molecule has 7 nitrogen and oxygen atoms in total. The summed E-state index contributed by atoms with van der Waals surface area (Å²) in [4.78, 5) is 27.9. The van der Waals surface area contributed by atoms with Gasteiger partial charge in [0.05, 0.1) is 25.9 Å². The summed E-state index contributed by atoms with van der Waals surface area (Å²) in [6.07, 6.45) is 0.996. The second kappa shape index (κ2) is 6.10. The lowest BCUT2D eigenvalue weighted by atomic mass is 9.99. The fraction of sp³-hybridized carbons (Fsp3) is 0.600. The van der Waals surface area contributed by atoms with E-state index in [4.69, 9.17) is 9.15 Å². The third-order valence-electron chi connectivity index (χ3n) is 4.35. The van der Waals surface area contributed by atoms with Crippen molar-refractivity contribution in [2.45, 2.75) is 18.6 Å². The van der Waals surface area contributed by atoms with Crippen LogP contribution in [0, 0.1) is 0 Å². The molecule has 0 radical (unpaired) electrons. The van der Waals surface area contributed by atoms with Gasteiger partial charge in [-0.05, 0) is 25.6 Å². The van der Waals surface area contributed by atoms with Crippen molar-refractivity contribution in [1.82, 2.24) is 9.80 Å². The monoisotopic (exact) mass is 308 g/mol. The maximum Gasteiger partial charge on any atom is 0.373 e. The fourth-order valence-corrected chi connectivity index (χ4v) is 3.05. The molecule has 120 valence electrons. The molecule has 1 aromatic heterocycles. The maximum absolute atomic E-state index is 12.5. The van der Waals surface area contributed by atoms with Crippen molar-refractivity contribution < 1.29 is 23.5 Å². The number of rotatable bonds is 2. The average Bonchev–Trinajstić information content (AvgIpc) is 3.03. The van der Waals surface area contributed by atoms with Crippen LogP contribution in [0.25, 0.3) is 0 Å². The van der Waals surface area contributed by atoms with Crippen molar-refractivity contribution in [2.75, 3.05) is 40.4 Å². The first-order valence-corrected chi connectivity index (χ1v) is 7.39. The highest BCUT2D eigenvalue weighted by molar-refractivity contribution is 5.94. The van der Waals surface area contributed by atoms with Crippen molar-refractivity contribution >= 4 is 11.9 Å². The number of esters is 1. The summed E-state index contributed by atoms with van der Waals surface area (Å²) < 4.78 is 15.7.